The molecule has 2 aromatic heterocycles. The van der Waals surface area contributed by atoms with Crippen LogP contribution in [0, 0.1) is 6.92 Å². The van der Waals surface area contributed by atoms with Gasteiger partial charge in [0, 0.05) is 27.4 Å². The summed E-state index contributed by atoms with van der Waals surface area (Å²) in [7, 11) is 0. The molecule has 0 saturated heterocycles. The van der Waals surface area contributed by atoms with E-state index in [0.717, 1.165) is 46.4 Å². The van der Waals surface area contributed by atoms with E-state index >= 15 is 0 Å². The van der Waals surface area contributed by atoms with Crippen molar-refractivity contribution in [1.29, 1.82) is 0 Å². The molecule has 9 aromatic rings. The molecule has 0 spiro atoms. The Balaban J connectivity index is 0.000000555. The second-order valence-electron chi connectivity index (χ2n) is 15.9. The van der Waals surface area contributed by atoms with Crippen molar-refractivity contribution in [3.8, 4) is 33.4 Å². The van der Waals surface area contributed by atoms with Gasteiger partial charge >= 0.3 is 0 Å². The standard InChI is InChI=1S/C51H42N2O.C8H14.C2H6/c1-4-5-18-42-34(3)54-49-21-12-20-44(51(42)49)41-17-11-16-39(31-41)40-26-28-45-48(32-40)53(47-29-27-37-15-9-10-19-43(37)50(45)47)33(2)30-46(52)38-24-22-36(23-25-38)35-13-7-6-8-14-35;1-4-7-8(5-2)6-3;1-2/h5-33H,4,52H2,1-3H3;4-5,7H,6H2,1-3H3;1-2H3/b18-5-,46-30-;7-4-,8-5-;. The van der Waals surface area contributed by atoms with Crippen LogP contribution in [0.2, 0.25) is 0 Å². The first-order chi connectivity index (χ1) is 31.3. The normalized spacial score (nSPS) is 12.6. The first kappa shape index (κ1) is 44.9. The molecule has 0 saturated carbocycles. The van der Waals surface area contributed by atoms with Gasteiger partial charge in [0.1, 0.15) is 11.3 Å². The summed E-state index contributed by atoms with van der Waals surface area (Å²) < 4.78 is 8.68. The smallest absolute Gasteiger partial charge is 0.135 e. The first-order valence-corrected chi connectivity index (χ1v) is 23.0. The van der Waals surface area contributed by atoms with Crippen molar-refractivity contribution in [2.75, 3.05) is 0 Å². The lowest BCUT2D eigenvalue weighted by Crippen LogP contribution is -2.06. The Labute approximate surface area is 380 Å². The van der Waals surface area contributed by atoms with Crippen LogP contribution in [0.15, 0.2) is 192 Å². The molecule has 2 N–H and O–H groups in total. The fraction of sp³-hybridized carbons (Fsp3) is 0.180. The van der Waals surface area contributed by atoms with Crippen LogP contribution in [-0.4, -0.2) is 4.57 Å². The number of furan rings is 1. The Morgan fingerprint density at radius 1 is 0.656 bits per heavy atom. The van der Waals surface area contributed by atoms with Crippen molar-refractivity contribution in [3.05, 3.63) is 204 Å². The Morgan fingerprint density at radius 2 is 1.33 bits per heavy atom. The predicted molar refractivity (Wildman–Crippen MR) is 281 cm³/mol. The summed E-state index contributed by atoms with van der Waals surface area (Å²) in [6, 6.07) is 54.4. The molecule has 0 aliphatic heterocycles. The Bertz CT molecular complexity index is 3130. The number of rotatable bonds is 10. The highest BCUT2D eigenvalue weighted by molar-refractivity contribution is 6.21. The maximum Gasteiger partial charge on any atom is 0.135 e. The highest BCUT2D eigenvalue weighted by Gasteiger charge is 2.19. The van der Waals surface area contributed by atoms with Gasteiger partial charge in [-0.1, -0.05) is 191 Å². The molecule has 1 unspecified atom stereocenters. The summed E-state index contributed by atoms with van der Waals surface area (Å²) in [4.78, 5) is 0. The van der Waals surface area contributed by atoms with Crippen LogP contribution in [0.25, 0.3) is 88.7 Å². The summed E-state index contributed by atoms with van der Waals surface area (Å²) in [6.45, 7) is 16.7. The lowest BCUT2D eigenvalue weighted by molar-refractivity contribution is 0.577. The van der Waals surface area contributed by atoms with Crippen LogP contribution in [0.1, 0.15) is 84.2 Å². The molecule has 0 bridgehead atoms. The zero-order valence-corrected chi connectivity index (χ0v) is 38.8. The minimum absolute atomic E-state index is 0.0157. The van der Waals surface area contributed by atoms with Crippen LogP contribution in [-0.2, 0) is 0 Å². The van der Waals surface area contributed by atoms with Crippen molar-refractivity contribution >= 4 is 55.3 Å². The summed E-state index contributed by atoms with van der Waals surface area (Å²) in [5.74, 6) is 0.942. The molecule has 2 heterocycles. The van der Waals surface area contributed by atoms with Crippen LogP contribution in [0.5, 0.6) is 0 Å². The van der Waals surface area contributed by atoms with Crippen LogP contribution in [0.4, 0.5) is 0 Å². The van der Waals surface area contributed by atoms with E-state index in [1.807, 2.05) is 26.8 Å². The number of benzene rings is 7. The van der Waals surface area contributed by atoms with Crippen molar-refractivity contribution in [1.82, 2.24) is 4.57 Å². The average molecular weight is 839 g/mol. The molecule has 3 heteroatoms. The van der Waals surface area contributed by atoms with Gasteiger partial charge in [0.2, 0.25) is 0 Å². The van der Waals surface area contributed by atoms with Crippen LogP contribution in [0.3, 0.4) is 0 Å². The van der Waals surface area contributed by atoms with Crippen LogP contribution >= 0.6 is 0 Å². The van der Waals surface area contributed by atoms with E-state index < -0.39 is 0 Å². The monoisotopic (exact) mass is 838 g/mol. The first-order valence-electron chi connectivity index (χ1n) is 23.0. The van der Waals surface area contributed by atoms with Gasteiger partial charge in [0.15, 0.2) is 0 Å². The molecule has 0 radical (unpaired) electrons. The summed E-state index contributed by atoms with van der Waals surface area (Å²) in [5.41, 5.74) is 21.6. The van der Waals surface area contributed by atoms with E-state index in [9.17, 15) is 0 Å². The number of aromatic nitrogens is 1. The Hall–Kier alpha value is -7.10. The predicted octanol–water partition coefficient (Wildman–Crippen LogP) is 17.9. The third-order valence-electron chi connectivity index (χ3n) is 12.0. The van der Waals surface area contributed by atoms with Crippen molar-refractivity contribution < 1.29 is 4.42 Å². The van der Waals surface area contributed by atoms with E-state index in [2.05, 4.69) is 221 Å². The number of nitrogens with two attached hydrogens (primary N) is 1. The van der Waals surface area contributed by atoms with Gasteiger partial charge < -0.3 is 14.7 Å². The van der Waals surface area contributed by atoms with E-state index in [1.165, 1.54) is 71.5 Å². The zero-order chi connectivity index (χ0) is 45.2. The highest BCUT2D eigenvalue weighted by Crippen LogP contribution is 2.41. The summed E-state index contributed by atoms with van der Waals surface area (Å²) >= 11 is 0. The maximum absolute atomic E-state index is 6.88. The van der Waals surface area contributed by atoms with Gasteiger partial charge in [-0.25, -0.2) is 0 Å². The molecular weight excluding hydrogens is 777 g/mol. The molecule has 7 aromatic carbocycles. The van der Waals surface area contributed by atoms with Gasteiger partial charge in [-0.05, 0) is 121 Å². The quantitative estimate of drug-likeness (QED) is 0.139. The van der Waals surface area contributed by atoms with Crippen molar-refractivity contribution in [2.45, 2.75) is 74.3 Å². The molecule has 64 heavy (non-hydrogen) atoms. The van der Waals surface area contributed by atoms with Gasteiger partial charge in [-0.3, -0.25) is 0 Å². The number of hydrogen-bond acceptors (Lipinski definition) is 2. The van der Waals surface area contributed by atoms with E-state index in [4.69, 9.17) is 10.2 Å². The Morgan fingerprint density at radius 3 is 2.05 bits per heavy atom. The van der Waals surface area contributed by atoms with Crippen molar-refractivity contribution in [2.24, 2.45) is 5.73 Å². The molecule has 1 atom stereocenters. The van der Waals surface area contributed by atoms with E-state index in [0.29, 0.717) is 0 Å². The topological polar surface area (TPSA) is 44.1 Å². The van der Waals surface area contributed by atoms with Gasteiger partial charge in [0.25, 0.3) is 0 Å². The maximum atomic E-state index is 6.88. The van der Waals surface area contributed by atoms with Crippen molar-refractivity contribution in [3.63, 3.8) is 0 Å². The molecule has 3 nitrogen and oxygen atoms in total. The van der Waals surface area contributed by atoms with E-state index in [-0.39, 0.29) is 6.04 Å². The molecule has 0 amide bonds. The molecular formula is C61H62N2O. The minimum Gasteiger partial charge on any atom is -0.461 e. The number of aryl methyl sites for hydroxylation is 1. The van der Waals surface area contributed by atoms with Crippen LogP contribution < -0.4 is 5.73 Å². The van der Waals surface area contributed by atoms with Gasteiger partial charge in [-0.2, -0.15) is 0 Å². The summed E-state index contributed by atoms with van der Waals surface area (Å²) in [6.07, 6.45) is 15.1. The fourth-order valence-electron chi connectivity index (χ4n) is 8.82. The second-order valence-corrected chi connectivity index (χ2v) is 15.9. The number of allylic oxidation sites excluding steroid dienone is 6. The molecule has 9 rings (SSSR count). The number of fused-ring (bicyclic) bond motifs is 6. The fourth-order valence-corrected chi connectivity index (χ4v) is 8.82. The minimum atomic E-state index is -0.0157. The third kappa shape index (κ3) is 9.31. The Kier molecular flexibility index (Phi) is 14.6. The number of hydrogen-bond donors (Lipinski definition) is 1. The highest BCUT2D eigenvalue weighted by atomic mass is 16.3. The molecule has 0 aliphatic carbocycles. The average Bonchev–Trinajstić information content (AvgIpc) is 3.87. The number of nitrogens with zero attached hydrogens (tertiary/aromatic N) is 1. The van der Waals surface area contributed by atoms with Gasteiger partial charge in [-0.15, -0.1) is 0 Å². The lowest BCUT2D eigenvalue weighted by atomic mass is 9.94. The molecule has 0 aliphatic rings. The SMILES string of the molecule is C/C=C\C(=C/C)CC.CC.CC/C=C\c1c(C)oc2cccc(-c3cccc(-c4ccc5c6c7ccccc7ccc6n(C(C)/C=C(\N)c6ccc(-c7ccccc7)cc6)c5c4)c3)c12. The zero-order valence-electron chi connectivity index (χ0n) is 38.8. The molecule has 0 fully saturated rings. The lowest BCUT2D eigenvalue weighted by Gasteiger charge is -2.16. The second kappa shape index (κ2) is 20.8. The summed E-state index contributed by atoms with van der Waals surface area (Å²) in [5, 5.41) is 6.15. The largest absolute Gasteiger partial charge is 0.461 e. The third-order valence-corrected chi connectivity index (χ3v) is 12.0. The molecule has 322 valence electrons. The van der Waals surface area contributed by atoms with Gasteiger partial charge in [0.05, 0.1) is 17.1 Å². The van der Waals surface area contributed by atoms with E-state index in [1.54, 1.807) is 0 Å².